The van der Waals surface area contributed by atoms with E-state index in [1.807, 2.05) is 44.2 Å². The van der Waals surface area contributed by atoms with E-state index in [0.29, 0.717) is 19.0 Å². The van der Waals surface area contributed by atoms with Crippen molar-refractivity contribution in [3.63, 3.8) is 0 Å². The average molecular weight is 303 g/mol. The highest BCUT2D eigenvalue weighted by Crippen LogP contribution is 2.24. The maximum Gasteiger partial charge on any atom is 0.157 e. The van der Waals surface area contributed by atoms with E-state index in [4.69, 9.17) is 15.2 Å². The van der Waals surface area contributed by atoms with Crippen LogP contribution in [0.2, 0.25) is 0 Å². The number of pyridine rings is 1. The summed E-state index contributed by atoms with van der Waals surface area (Å²) in [6.45, 7) is 6.14. The van der Waals surface area contributed by atoms with Gasteiger partial charge >= 0.3 is 0 Å². The summed E-state index contributed by atoms with van der Waals surface area (Å²) in [4.78, 5) is 4.34. The first-order valence-electron chi connectivity index (χ1n) is 7.87. The number of aromatic nitrogens is 1. The van der Waals surface area contributed by atoms with E-state index in [0.717, 1.165) is 36.0 Å². The Kier molecular flexibility index (Phi) is 6.43. The summed E-state index contributed by atoms with van der Waals surface area (Å²) < 4.78 is 11.1. The summed E-state index contributed by atoms with van der Waals surface area (Å²) in [6, 6.07) is 9.87. The molecule has 0 spiro atoms. The van der Waals surface area contributed by atoms with E-state index >= 15 is 0 Å². The van der Waals surface area contributed by atoms with Crippen LogP contribution in [0.5, 0.6) is 0 Å². The fourth-order valence-electron chi connectivity index (χ4n) is 2.42. The van der Waals surface area contributed by atoms with Gasteiger partial charge in [-0.05, 0) is 26.3 Å². The van der Waals surface area contributed by atoms with Gasteiger partial charge in [0.15, 0.2) is 6.29 Å². The predicted octanol–water partition coefficient (Wildman–Crippen LogP) is 3.41. The first-order valence-corrected chi connectivity index (χ1v) is 7.87. The second kappa shape index (κ2) is 8.56. The normalized spacial score (nSPS) is 11.2. The van der Waals surface area contributed by atoms with E-state index in [2.05, 4.69) is 10.3 Å². The number of rotatable bonds is 9. The molecule has 1 heterocycles. The largest absolute Gasteiger partial charge is 0.384 e. The molecule has 0 atom stereocenters. The molecule has 1 aromatic heterocycles. The second-order valence-corrected chi connectivity index (χ2v) is 5.02. The van der Waals surface area contributed by atoms with Crippen molar-refractivity contribution in [3.8, 4) is 0 Å². The lowest BCUT2D eigenvalue weighted by molar-refractivity contribution is -0.139. The number of hydrogen-bond donors (Lipinski definition) is 2. The number of nitrogens with two attached hydrogens (primary N) is 1. The number of benzene rings is 1. The van der Waals surface area contributed by atoms with Crippen LogP contribution in [0.1, 0.15) is 26.7 Å². The van der Waals surface area contributed by atoms with E-state index in [1.165, 1.54) is 0 Å². The molecule has 0 saturated carbocycles. The zero-order valence-electron chi connectivity index (χ0n) is 13.3. The fourth-order valence-corrected chi connectivity index (χ4v) is 2.42. The maximum atomic E-state index is 5.87. The van der Waals surface area contributed by atoms with Gasteiger partial charge in [0.05, 0.1) is 5.52 Å². The van der Waals surface area contributed by atoms with Gasteiger partial charge < -0.3 is 20.5 Å². The number of fused-ring (bicyclic) bond motifs is 1. The minimum absolute atomic E-state index is 0.115. The molecule has 0 aliphatic rings. The van der Waals surface area contributed by atoms with Gasteiger partial charge in [0.25, 0.3) is 0 Å². The Bertz CT molecular complexity index is 583. The van der Waals surface area contributed by atoms with Crippen LogP contribution in [0, 0.1) is 0 Å². The van der Waals surface area contributed by atoms with E-state index in [9.17, 15) is 0 Å². The van der Waals surface area contributed by atoms with Gasteiger partial charge in [-0.15, -0.1) is 0 Å². The lowest BCUT2D eigenvalue weighted by Gasteiger charge is -2.17. The summed E-state index contributed by atoms with van der Waals surface area (Å²) >= 11 is 0. The molecule has 0 amide bonds. The molecule has 0 fully saturated rings. The molecule has 2 rings (SSSR count). The number of ether oxygens (including phenoxy) is 2. The first kappa shape index (κ1) is 16.5. The molecule has 0 saturated heterocycles. The smallest absolute Gasteiger partial charge is 0.157 e. The number of nitrogen functional groups attached to an aromatic ring is 1. The highest BCUT2D eigenvalue weighted by atomic mass is 16.7. The van der Waals surface area contributed by atoms with Gasteiger partial charge in [-0.2, -0.15) is 0 Å². The number of para-hydroxylation sites is 1. The van der Waals surface area contributed by atoms with Crippen molar-refractivity contribution >= 4 is 22.4 Å². The van der Waals surface area contributed by atoms with Crippen LogP contribution in [0.15, 0.2) is 30.3 Å². The minimum atomic E-state index is -0.115. The monoisotopic (exact) mass is 303 g/mol. The van der Waals surface area contributed by atoms with Crippen molar-refractivity contribution in [2.75, 3.05) is 30.8 Å². The molecule has 0 aliphatic carbocycles. The van der Waals surface area contributed by atoms with Crippen molar-refractivity contribution in [3.05, 3.63) is 30.3 Å². The molecule has 1 aromatic carbocycles. The van der Waals surface area contributed by atoms with Crippen molar-refractivity contribution in [2.24, 2.45) is 0 Å². The van der Waals surface area contributed by atoms with Gasteiger partial charge in [0.2, 0.25) is 0 Å². The number of nitrogens with one attached hydrogen (secondary N) is 1. The molecule has 0 unspecified atom stereocenters. The van der Waals surface area contributed by atoms with Gasteiger partial charge in [0.1, 0.15) is 5.82 Å². The van der Waals surface area contributed by atoms with E-state index < -0.39 is 0 Å². The van der Waals surface area contributed by atoms with E-state index in [-0.39, 0.29) is 6.29 Å². The third-order valence-corrected chi connectivity index (χ3v) is 3.37. The molecule has 5 nitrogen and oxygen atoms in total. The Labute approximate surface area is 131 Å². The van der Waals surface area contributed by atoms with Crippen LogP contribution < -0.4 is 11.1 Å². The molecular formula is C17H25N3O2. The topological polar surface area (TPSA) is 69.4 Å². The van der Waals surface area contributed by atoms with Crippen molar-refractivity contribution in [1.82, 2.24) is 4.98 Å². The third-order valence-electron chi connectivity index (χ3n) is 3.37. The molecule has 2 aromatic rings. The molecule has 0 aliphatic heterocycles. The molecular weight excluding hydrogens is 278 g/mol. The van der Waals surface area contributed by atoms with Crippen molar-refractivity contribution in [2.45, 2.75) is 33.0 Å². The van der Waals surface area contributed by atoms with Crippen molar-refractivity contribution in [1.29, 1.82) is 0 Å². The second-order valence-electron chi connectivity index (χ2n) is 5.02. The van der Waals surface area contributed by atoms with Crippen LogP contribution in [0.25, 0.3) is 10.9 Å². The summed E-state index contributed by atoms with van der Waals surface area (Å²) in [5.41, 5.74) is 7.79. The Morgan fingerprint density at radius 1 is 1.18 bits per heavy atom. The zero-order valence-corrected chi connectivity index (χ0v) is 13.3. The van der Waals surface area contributed by atoms with Gasteiger partial charge in [0, 0.05) is 43.3 Å². The number of nitrogens with zero attached hydrogens (tertiary/aromatic N) is 1. The molecule has 3 N–H and O–H groups in total. The summed E-state index contributed by atoms with van der Waals surface area (Å²) in [5, 5.41) is 4.52. The van der Waals surface area contributed by atoms with E-state index in [1.54, 1.807) is 0 Å². The highest BCUT2D eigenvalue weighted by Gasteiger charge is 2.08. The van der Waals surface area contributed by atoms with Crippen LogP contribution >= 0.6 is 0 Å². The third kappa shape index (κ3) is 4.58. The van der Waals surface area contributed by atoms with Crippen LogP contribution in [-0.4, -0.2) is 31.0 Å². The summed E-state index contributed by atoms with van der Waals surface area (Å²) in [5.74, 6) is 0.530. The maximum absolute atomic E-state index is 5.87. The lowest BCUT2D eigenvalue weighted by Crippen LogP contribution is -2.18. The van der Waals surface area contributed by atoms with Gasteiger partial charge in [-0.25, -0.2) is 4.98 Å². The standard InChI is InChI=1S/C17H25N3O2/c1-3-21-17(22-4-2)10-7-11-19-15-12-16(18)20-14-9-6-5-8-13(14)15/h5-6,8-9,12,17H,3-4,7,10-11H2,1-2H3,(H3,18,19,20). The Hall–Kier alpha value is -1.85. The predicted molar refractivity (Wildman–Crippen MR) is 90.9 cm³/mol. The Morgan fingerprint density at radius 2 is 1.91 bits per heavy atom. The zero-order chi connectivity index (χ0) is 15.8. The molecule has 22 heavy (non-hydrogen) atoms. The number of anilines is 2. The fraction of sp³-hybridized carbons (Fsp3) is 0.471. The first-order chi connectivity index (χ1) is 10.7. The quantitative estimate of drug-likeness (QED) is 0.549. The van der Waals surface area contributed by atoms with Crippen LogP contribution in [0.3, 0.4) is 0 Å². The molecule has 0 bridgehead atoms. The lowest BCUT2D eigenvalue weighted by atomic mass is 10.1. The van der Waals surface area contributed by atoms with Gasteiger partial charge in [-0.3, -0.25) is 0 Å². The van der Waals surface area contributed by atoms with Gasteiger partial charge in [-0.1, -0.05) is 18.2 Å². The summed E-state index contributed by atoms with van der Waals surface area (Å²) in [6.07, 6.45) is 1.71. The number of hydrogen-bond acceptors (Lipinski definition) is 5. The SMILES string of the molecule is CCOC(CCCNc1cc(N)nc2ccccc12)OCC. The van der Waals surface area contributed by atoms with Crippen molar-refractivity contribution < 1.29 is 9.47 Å². The molecule has 5 heteroatoms. The van der Waals surface area contributed by atoms with Crippen LogP contribution in [0.4, 0.5) is 11.5 Å². The highest BCUT2D eigenvalue weighted by molar-refractivity contribution is 5.92. The Morgan fingerprint density at radius 3 is 2.64 bits per heavy atom. The molecule has 0 radical (unpaired) electrons. The van der Waals surface area contributed by atoms with Crippen LogP contribution in [-0.2, 0) is 9.47 Å². The Balaban J connectivity index is 1.92. The summed E-state index contributed by atoms with van der Waals surface area (Å²) in [7, 11) is 0. The molecule has 120 valence electrons. The average Bonchev–Trinajstić information content (AvgIpc) is 2.51. The minimum Gasteiger partial charge on any atom is -0.384 e.